The molecule has 0 saturated heterocycles. The van der Waals surface area contributed by atoms with Crippen molar-refractivity contribution in [1.82, 2.24) is 15.2 Å². The van der Waals surface area contributed by atoms with Crippen LogP contribution in [0.1, 0.15) is 46.7 Å². The Bertz CT molecular complexity index is 1080. The molecule has 3 aromatic rings. The van der Waals surface area contributed by atoms with E-state index in [1.165, 1.54) is 6.20 Å². The molecule has 0 bridgehead atoms. The third-order valence-electron chi connectivity index (χ3n) is 4.25. The predicted molar refractivity (Wildman–Crippen MR) is 102 cm³/mol. The maximum Gasteiger partial charge on any atom is 0.274 e. The van der Waals surface area contributed by atoms with Crippen molar-refractivity contribution < 1.29 is 4.79 Å². The van der Waals surface area contributed by atoms with E-state index in [0.717, 1.165) is 27.7 Å². The zero-order valence-corrected chi connectivity index (χ0v) is 15.1. The maximum absolute atomic E-state index is 12.6. The van der Waals surface area contributed by atoms with Gasteiger partial charge >= 0.3 is 0 Å². The third kappa shape index (κ3) is 3.20. The lowest BCUT2D eigenvalue weighted by atomic mass is 10.0. The van der Waals surface area contributed by atoms with Crippen molar-refractivity contribution in [3.05, 3.63) is 58.0 Å². The fourth-order valence-electron chi connectivity index (χ4n) is 2.74. The molecule has 6 nitrogen and oxygen atoms in total. The first kappa shape index (κ1) is 17.4. The summed E-state index contributed by atoms with van der Waals surface area (Å²) in [4.78, 5) is 16.8. The number of hydrogen-bond acceptors (Lipinski definition) is 4. The number of hydrogen-bond donors (Lipinski definition) is 2. The van der Waals surface area contributed by atoms with Crippen LogP contribution in [0, 0.1) is 25.2 Å². The summed E-state index contributed by atoms with van der Waals surface area (Å²) in [6, 6.07) is 7.63. The first-order valence-corrected chi connectivity index (χ1v) is 8.21. The van der Waals surface area contributed by atoms with Gasteiger partial charge in [-0.3, -0.25) is 9.89 Å². The molecule has 0 saturated carbocycles. The number of nitrogens with zero attached hydrogens (tertiary/aromatic N) is 3. The predicted octanol–water partition coefficient (Wildman–Crippen LogP) is 4.12. The van der Waals surface area contributed by atoms with Crippen molar-refractivity contribution in [2.75, 3.05) is 5.32 Å². The number of allylic oxidation sites excluding steroid dienone is 1. The molecule has 2 N–H and O–H groups in total. The van der Waals surface area contributed by atoms with Crippen LogP contribution in [0.4, 0.5) is 5.69 Å². The monoisotopic (exact) mass is 345 g/mol. The molecule has 6 heteroatoms. The highest BCUT2D eigenvalue weighted by molar-refractivity contribution is 6.05. The number of benzene rings is 1. The number of amides is 1. The van der Waals surface area contributed by atoms with Crippen LogP contribution in [0.25, 0.3) is 17.0 Å². The Kier molecular flexibility index (Phi) is 4.55. The van der Waals surface area contributed by atoms with E-state index in [0.29, 0.717) is 22.5 Å². The number of anilines is 1. The van der Waals surface area contributed by atoms with E-state index in [4.69, 9.17) is 5.26 Å². The smallest absolute Gasteiger partial charge is 0.274 e. The number of carbonyl (C=O) groups is 1. The van der Waals surface area contributed by atoms with Crippen LogP contribution >= 0.6 is 0 Å². The fraction of sp³-hybridized carbons (Fsp3) is 0.200. The standard InChI is InChI=1S/C20H19N5O/c1-11(2)7-18-16-8-15(5-6-17(16)24-25-18)23-20(26)19-13(4)12(3)14(9-21)10-22-19/h5-8,10H,1-4H3,(H,23,26)(H,24,25). The van der Waals surface area contributed by atoms with Crippen molar-refractivity contribution in [2.45, 2.75) is 27.7 Å². The second-order valence-corrected chi connectivity index (χ2v) is 6.43. The van der Waals surface area contributed by atoms with E-state index in [1.54, 1.807) is 13.0 Å². The Morgan fingerprint density at radius 2 is 2.04 bits per heavy atom. The number of fused-ring (bicyclic) bond motifs is 1. The summed E-state index contributed by atoms with van der Waals surface area (Å²) in [5.74, 6) is -0.304. The molecule has 0 fully saturated rings. The van der Waals surface area contributed by atoms with Gasteiger partial charge in [-0.15, -0.1) is 0 Å². The third-order valence-corrected chi connectivity index (χ3v) is 4.25. The van der Waals surface area contributed by atoms with Gasteiger partial charge < -0.3 is 5.32 Å². The van der Waals surface area contributed by atoms with Gasteiger partial charge in [0.1, 0.15) is 11.8 Å². The molecule has 2 heterocycles. The highest BCUT2D eigenvalue weighted by atomic mass is 16.1. The maximum atomic E-state index is 12.6. The van der Waals surface area contributed by atoms with Gasteiger partial charge in [0.05, 0.1) is 16.8 Å². The molecule has 130 valence electrons. The average Bonchev–Trinajstić information content (AvgIpc) is 2.99. The van der Waals surface area contributed by atoms with Crippen LogP contribution in [0.5, 0.6) is 0 Å². The summed E-state index contributed by atoms with van der Waals surface area (Å²) >= 11 is 0. The molecule has 1 amide bonds. The van der Waals surface area contributed by atoms with Gasteiger partial charge in [0.15, 0.2) is 0 Å². The summed E-state index contributed by atoms with van der Waals surface area (Å²) in [5, 5.41) is 20.2. The van der Waals surface area contributed by atoms with Crippen LogP contribution in [0.15, 0.2) is 30.0 Å². The van der Waals surface area contributed by atoms with Gasteiger partial charge in [-0.1, -0.05) is 5.57 Å². The first-order chi connectivity index (χ1) is 12.4. The van der Waals surface area contributed by atoms with E-state index in [1.807, 2.05) is 39.0 Å². The van der Waals surface area contributed by atoms with E-state index in [2.05, 4.69) is 26.6 Å². The quantitative estimate of drug-likeness (QED) is 0.746. The van der Waals surface area contributed by atoms with Gasteiger partial charge in [-0.05, 0) is 63.1 Å². The van der Waals surface area contributed by atoms with Crippen LogP contribution in [-0.2, 0) is 0 Å². The lowest BCUT2D eigenvalue weighted by Crippen LogP contribution is -2.16. The highest BCUT2D eigenvalue weighted by Gasteiger charge is 2.15. The molecule has 2 aromatic heterocycles. The molecule has 0 radical (unpaired) electrons. The van der Waals surface area contributed by atoms with Crippen molar-refractivity contribution in [1.29, 1.82) is 5.26 Å². The van der Waals surface area contributed by atoms with Gasteiger partial charge in [0, 0.05) is 17.3 Å². The molecule has 0 aliphatic carbocycles. The number of carbonyl (C=O) groups excluding carboxylic acids is 1. The number of pyridine rings is 1. The minimum Gasteiger partial charge on any atom is -0.321 e. The van der Waals surface area contributed by atoms with Gasteiger partial charge in [0.25, 0.3) is 5.91 Å². The molecule has 3 rings (SSSR count). The molecule has 26 heavy (non-hydrogen) atoms. The number of aromatic amines is 1. The Morgan fingerprint density at radius 3 is 2.73 bits per heavy atom. The topological polar surface area (TPSA) is 94.5 Å². The lowest BCUT2D eigenvalue weighted by Gasteiger charge is -2.10. The fourth-order valence-corrected chi connectivity index (χ4v) is 2.74. The molecule has 1 aromatic carbocycles. The Morgan fingerprint density at radius 1 is 1.27 bits per heavy atom. The zero-order chi connectivity index (χ0) is 18.8. The normalized spacial score (nSPS) is 10.4. The van der Waals surface area contributed by atoms with Crippen LogP contribution in [0.3, 0.4) is 0 Å². The van der Waals surface area contributed by atoms with Gasteiger partial charge in [0.2, 0.25) is 0 Å². The zero-order valence-electron chi connectivity index (χ0n) is 15.1. The summed E-state index contributed by atoms with van der Waals surface area (Å²) in [5.41, 5.74) is 5.82. The minimum atomic E-state index is -0.304. The van der Waals surface area contributed by atoms with E-state index < -0.39 is 0 Å². The highest BCUT2D eigenvalue weighted by Crippen LogP contribution is 2.23. The number of H-pyrrole nitrogens is 1. The van der Waals surface area contributed by atoms with Crippen LogP contribution < -0.4 is 5.32 Å². The summed E-state index contributed by atoms with van der Waals surface area (Å²) in [7, 11) is 0. The van der Waals surface area contributed by atoms with Crippen molar-refractivity contribution >= 4 is 28.6 Å². The molecular formula is C20H19N5O. The molecule has 0 spiro atoms. The first-order valence-electron chi connectivity index (χ1n) is 8.21. The summed E-state index contributed by atoms with van der Waals surface area (Å²) < 4.78 is 0. The van der Waals surface area contributed by atoms with Crippen LogP contribution in [0.2, 0.25) is 0 Å². The van der Waals surface area contributed by atoms with Crippen molar-refractivity contribution in [2.24, 2.45) is 0 Å². The molecule has 0 unspecified atom stereocenters. The van der Waals surface area contributed by atoms with Crippen LogP contribution in [-0.4, -0.2) is 21.1 Å². The summed E-state index contributed by atoms with van der Waals surface area (Å²) in [6.45, 7) is 7.64. The molecular weight excluding hydrogens is 326 g/mol. The number of aromatic nitrogens is 3. The Labute approximate surface area is 151 Å². The Balaban J connectivity index is 1.94. The molecule has 0 aliphatic heterocycles. The largest absolute Gasteiger partial charge is 0.321 e. The molecule has 0 aliphatic rings. The van der Waals surface area contributed by atoms with E-state index in [9.17, 15) is 4.79 Å². The molecule has 0 atom stereocenters. The second-order valence-electron chi connectivity index (χ2n) is 6.43. The van der Waals surface area contributed by atoms with E-state index >= 15 is 0 Å². The average molecular weight is 345 g/mol. The number of nitrogens with one attached hydrogen (secondary N) is 2. The van der Waals surface area contributed by atoms with Crippen molar-refractivity contribution in [3.63, 3.8) is 0 Å². The van der Waals surface area contributed by atoms with E-state index in [-0.39, 0.29) is 5.91 Å². The Hall–Kier alpha value is -3.46. The summed E-state index contributed by atoms with van der Waals surface area (Å²) in [6.07, 6.45) is 3.44. The minimum absolute atomic E-state index is 0.304. The van der Waals surface area contributed by atoms with Gasteiger partial charge in [-0.2, -0.15) is 10.4 Å². The number of nitriles is 1. The SMILES string of the molecule is CC(C)=Cc1[nH]nc2ccc(NC(=O)c3ncc(C#N)c(C)c3C)cc12. The van der Waals surface area contributed by atoms with Crippen molar-refractivity contribution in [3.8, 4) is 6.07 Å². The van der Waals surface area contributed by atoms with Gasteiger partial charge in [-0.25, -0.2) is 4.98 Å². The lowest BCUT2D eigenvalue weighted by molar-refractivity contribution is 0.102. The number of rotatable bonds is 3. The second kappa shape index (κ2) is 6.81.